The summed E-state index contributed by atoms with van der Waals surface area (Å²) >= 11 is 7.83. The summed E-state index contributed by atoms with van der Waals surface area (Å²) < 4.78 is 10.9. The summed E-state index contributed by atoms with van der Waals surface area (Å²) in [6, 6.07) is 10.2. The molecule has 0 spiro atoms. The number of hydrogen-bond acceptors (Lipinski definition) is 5. The van der Waals surface area contributed by atoms with Gasteiger partial charge in [-0.25, -0.2) is 0 Å². The highest BCUT2D eigenvalue weighted by Crippen LogP contribution is 2.25. The van der Waals surface area contributed by atoms with Crippen molar-refractivity contribution in [1.82, 2.24) is 15.5 Å². The molecule has 1 fully saturated rings. The van der Waals surface area contributed by atoms with E-state index in [1.165, 1.54) is 4.88 Å². The first kappa shape index (κ1) is 24.2. The van der Waals surface area contributed by atoms with E-state index in [1.54, 1.807) is 25.5 Å². The Bertz CT molecular complexity index is 770. The molecular formula is C20H28ClIN4O2S. The van der Waals surface area contributed by atoms with Crippen LogP contribution in [0.2, 0.25) is 5.02 Å². The zero-order chi connectivity index (χ0) is 19.8. The Hall–Kier alpha value is -1.07. The van der Waals surface area contributed by atoms with E-state index in [9.17, 15) is 0 Å². The molecule has 0 amide bonds. The molecule has 1 aromatic carbocycles. The highest BCUT2D eigenvalue weighted by Gasteiger charge is 2.23. The van der Waals surface area contributed by atoms with E-state index in [4.69, 9.17) is 21.1 Å². The minimum atomic E-state index is 0. The van der Waals surface area contributed by atoms with Crippen LogP contribution in [0.25, 0.3) is 0 Å². The lowest BCUT2D eigenvalue weighted by Crippen LogP contribution is -2.46. The number of hydrogen-bond donors (Lipinski definition) is 2. The van der Waals surface area contributed by atoms with Gasteiger partial charge in [0, 0.05) is 48.7 Å². The van der Waals surface area contributed by atoms with Gasteiger partial charge in [-0.1, -0.05) is 23.7 Å². The number of benzene rings is 1. The molecule has 1 saturated heterocycles. The molecule has 1 aliphatic heterocycles. The molecule has 2 heterocycles. The molecule has 160 valence electrons. The van der Waals surface area contributed by atoms with Crippen molar-refractivity contribution in [2.24, 2.45) is 4.99 Å². The zero-order valence-corrected chi connectivity index (χ0v) is 20.6. The molecular weight excluding hydrogens is 523 g/mol. The van der Waals surface area contributed by atoms with E-state index < -0.39 is 0 Å². The van der Waals surface area contributed by atoms with Gasteiger partial charge in [0.25, 0.3) is 0 Å². The van der Waals surface area contributed by atoms with E-state index in [0.29, 0.717) is 17.6 Å². The van der Waals surface area contributed by atoms with E-state index in [1.807, 2.05) is 18.2 Å². The fraction of sp³-hybridized carbons (Fsp3) is 0.450. The fourth-order valence-electron chi connectivity index (χ4n) is 3.24. The second-order valence-corrected chi connectivity index (χ2v) is 7.86. The maximum absolute atomic E-state index is 6.04. The van der Waals surface area contributed by atoms with Crippen LogP contribution >= 0.6 is 46.9 Å². The number of methoxy groups -OCH3 is 1. The van der Waals surface area contributed by atoms with Crippen LogP contribution in [-0.2, 0) is 11.3 Å². The van der Waals surface area contributed by atoms with Crippen molar-refractivity contribution < 1.29 is 9.47 Å². The van der Waals surface area contributed by atoms with Gasteiger partial charge in [-0.2, -0.15) is 0 Å². The standard InChI is InChI=1S/C20H27ClN4O2S.HI/c1-22-20(23-13-15-5-6-16(21)12-18(15)26-2)24-14-17(19-4-3-11-28-19)25-7-9-27-10-8-25;/h3-6,11-12,17H,7-10,13-14H2,1-2H3,(H2,22,23,24);1H. The summed E-state index contributed by atoms with van der Waals surface area (Å²) in [5.74, 6) is 1.52. The number of morpholine rings is 1. The minimum absolute atomic E-state index is 0. The van der Waals surface area contributed by atoms with Crippen LogP contribution in [0.4, 0.5) is 0 Å². The van der Waals surface area contributed by atoms with E-state index in [-0.39, 0.29) is 24.0 Å². The lowest BCUT2D eigenvalue weighted by atomic mass is 10.2. The number of nitrogens with one attached hydrogen (secondary N) is 2. The fourth-order valence-corrected chi connectivity index (χ4v) is 4.26. The van der Waals surface area contributed by atoms with Crippen LogP contribution in [0.3, 0.4) is 0 Å². The Morgan fingerprint density at radius 3 is 2.76 bits per heavy atom. The summed E-state index contributed by atoms with van der Waals surface area (Å²) in [5, 5.41) is 9.62. The predicted octanol–water partition coefficient (Wildman–Crippen LogP) is 3.77. The van der Waals surface area contributed by atoms with Gasteiger partial charge in [0.05, 0.1) is 26.4 Å². The molecule has 1 atom stereocenters. The van der Waals surface area contributed by atoms with Gasteiger partial charge in [-0.05, 0) is 23.6 Å². The first-order valence-corrected chi connectivity index (χ1v) is 10.6. The van der Waals surface area contributed by atoms with Crippen LogP contribution in [0, 0.1) is 0 Å². The van der Waals surface area contributed by atoms with Crippen molar-refractivity contribution in [1.29, 1.82) is 0 Å². The summed E-state index contributed by atoms with van der Waals surface area (Å²) in [4.78, 5) is 8.18. The van der Waals surface area contributed by atoms with Gasteiger partial charge in [-0.15, -0.1) is 35.3 Å². The first-order valence-electron chi connectivity index (χ1n) is 9.33. The Labute approximate surface area is 198 Å². The highest BCUT2D eigenvalue weighted by atomic mass is 127. The van der Waals surface area contributed by atoms with Crippen molar-refractivity contribution in [2.45, 2.75) is 12.6 Å². The van der Waals surface area contributed by atoms with Crippen molar-refractivity contribution in [3.8, 4) is 5.75 Å². The molecule has 0 bridgehead atoms. The van der Waals surface area contributed by atoms with Gasteiger partial charge in [0.1, 0.15) is 5.75 Å². The van der Waals surface area contributed by atoms with Gasteiger partial charge in [0.2, 0.25) is 0 Å². The number of rotatable bonds is 7. The third-order valence-corrected chi connectivity index (χ3v) is 5.95. The van der Waals surface area contributed by atoms with Gasteiger partial charge < -0.3 is 20.1 Å². The summed E-state index contributed by atoms with van der Waals surface area (Å²) in [6.45, 7) is 4.83. The average molecular weight is 551 g/mol. The van der Waals surface area contributed by atoms with E-state index in [0.717, 1.165) is 50.1 Å². The predicted molar refractivity (Wildman–Crippen MR) is 131 cm³/mol. The molecule has 2 aromatic rings. The highest BCUT2D eigenvalue weighted by molar-refractivity contribution is 14.0. The Balaban J connectivity index is 0.00000300. The maximum atomic E-state index is 6.04. The molecule has 0 saturated carbocycles. The smallest absolute Gasteiger partial charge is 0.191 e. The van der Waals surface area contributed by atoms with Crippen LogP contribution in [0.1, 0.15) is 16.5 Å². The molecule has 29 heavy (non-hydrogen) atoms. The summed E-state index contributed by atoms with van der Waals surface area (Å²) in [6.07, 6.45) is 0. The molecule has 2 N–H and O–H groups in total. The minimum Gasteiger partial charge on any atom is -0.496 e. The quantitative estimate of drug-likeness (QED) is 0.312. The summed E-state index contributed by atoms with van der Waals surface area (Å²) in [7, 11) is 3.43. The van der Waals surface area contributed by atoms with Crippen molar-refractivity contribution >= 4 is 52.9 Å². The topological polar surface area (TPSA) is 58.1 Å². The monoisotopic (exact) mass is 550 g/mol. The molecule has 0 aliphatic carbocycles. The van der Waals surface area contributed by atoms with Gasteiger partial charge >= 0.3 is 0 Å². The number of guanidine groups is 1. The first-order chi connectivity index (χ1) is 13.7. The van der Waals surface area contributed by atoms with Crippen LogP contribution < -0.4 is 15.4 Å². The molecule has 1 aliphatic rings. The van der Waals surface area contributed by atoms with Crippen molar-refractivity contribution in [3.63, 3.8) is 0 Å². The number of thiophene rings is 1. The van der Waals surface area contributed by atoms with E-state index in [2.05, 4.69) is 38.0 Å². The third-order valence-electron chi connectivity index (χ3n) is 4.74. The average Bonchev–Trinajstić information content (AvgIpc) is 3.26. The second kappa shape index (κ2) is 12.6. The van der Waals surface area contributed by atoms with Crippen molar-refractivity contribution in [3.05, 3.63) is 51.2 Å². The van der Waals surface area contributed by atoms with Crippen LogP contribution in [0.5, 0.6) is 5.75 Å². The Morgan fingerprint density at radius 2 is 2.10 bits per heavy atom. The summed E-state index contributed by atoms with van der Waals surface area (Å²) in [5.41, 5.74) is 1.03. The number of ether oxygens (including phenoxy) is 2. The molecule has 9 heteroatoms. The van der Waals surface area contributed by atoms with Crippen LogP contribution in [0.15, 0.2) is 40.7 Å². The number of nitrogens with zero attached hydrogens (tertiary/aromatic N) is 2. The normalized spacial score (nSPS) is 16.0. The largest absolute Gasteiger partial charge is 0.496 e. The Kier molecular flexibility index (Phi) is 10.5. The number of halogens is 2. The lowest BCUT2D eigenvalue weighted by molar-refractivity contribution is 0.0177. The maximum Gasteiger partial charge on any atom is 0.191 e. The third kappa shape index (κ3) is 6.99. The second-order valence-electron chi connectivity index (χ2n) is 6.44. The molecule has 0 radical (unpaired) electrons. The van der Waals surface area contributed by atoms with Gasteiger partial charge in [0.15, 0.2) is 5.96 Å². The number of aliphatic imine (C=N–C) groups is 1. The molecule has 1 unspecified atom stereocenters. The van der Waals surface area contributed by atoms with Crippen LogP contribution in [-0.4, -0.2) is 57.9 Å². The zero-order valence-electron chi connectivity index (χ0n) is 16.7. The Morgan fingerprint density at radius 1 is 1.31 bits per heavy atom. The molecule has 1 aromatic heterocycles. The van der Waals surface area contributed by atoms with E-state index >= 15 is 0 Å². The molecule has 3 rings (SSSR count). The van der Waals surface area contributed by atoms with Crippen molar-refractivity contribution in [2.75, 3.05) is 47.0 Å². The van der Waals surface area contributed by atoms with Gasteiger partial charge in [-0.3, -0.25) is 9.89 Å². The SMILES string of the molecule is CN=C(NCc1ccc(Cl)cc1OC)NCC(c1cccs1)N1CCOCC1.I. The lowest BCUT2D eigenvalue weighted by Gasteiger charge is -2.34. The molecule has 6 nitrogen and oxygen atoms in total.